The highest BCUT2D eigenvalue weighted by Gasteiger charge is 2.57. The molecular formula is C19H23N5O3. The first-order chi connectivity index (χ1) is 12.9. The van der Waals surface area contributed by atoms with Crippen molar-refractivity contribution in [3.63, 3.8) is 0 Å². The van der Waals surface area contributed by atoms with Gasteiger partial charge >= 0.3 is 5.69 Å². The van der Waals surface area contributed by atoms with Gasteiger partial charge in [0, 0.05) is 19.2 Å². The molecule has 2 saturated carbocycles. The van der Waals surface area contributed by atoms with Crippen molar-refractivity contribution in [1.82, 2.24) is 23.8 Å². The summed E-state index contributed by atoms with van der Waals surface area (Å²) in [5, 5.41) is 3.93. The minimum absolute atomic E-state index is 0.154. The Balaban J connectivity index is 1.60. The molecule has 0 bridgehead atoms. The maximum absolute atomic E-state index is 13.2. The molecule has 8 heteroatoms. The Morgan fingerprint density at radius 1 is 1.30 bits per heavy atom. The average Bonchev–Trinajstić information content (AvgIpc) is 3.07. The lowest BCUT2D eigenvalue weighted by Crippen LogP contribution is -2.40. The number of hydrogen-bond donors (Lipinski definition) is 0. The predicted octanol–water partition coefficient (Wildman–Crippen LogP) is 1.74. The van der Waals surface area contributed by atoms with E-state index in [4.69, 9.17) is 4.52 Å². The molecule has 2 aliphatic carbocycles. The number of aromatic nitrogens is 5. The Labute approximate surface area is 155 Å². The highest BCUT2D eigenvalue weighted by molar-refractivity contribution is 5.70. The van der Waals surface area contributed by atoms with Crippen LogP contribution in [0.2, 0.25) is 0 Å². The van der Waals surface area contributed by atoms with E-state index in [2.05, 4.69) is 10.1 Å². The summed E-state index contributed by atoms with van der Waals surface area (Å²) in [6, 6.07) is 0. The summed E-state index contributed by atoms with van der Waals surface area (Å²) in [5.74, 6) is 1.25. The SMILES string of the molecule is Cc1noc(C)c1Cn1c(=O)c2c(ncn2CC2CC23CCC3)n(C)c1=O. The van der Waals surface area contributed by atoms with Crippen LogP contribution >= 0.6 is 0 Å². The first kappa shape index (κ1) is 16.5. The molecule has 0 aliphatic heterocycles. The molecule has 0 saturated heterocycles. The summed E-state index contributed by atoms with van der Waals surface area (Å²) in [4.78, 5) is 30.4. The van der Waals surface area contributed by atoms with Crippen molar-refractivity contribution in [3.8, 4) is 0 Å². The van der Waals surface area contributed by atoms with Gasteiger partial charge in [0.2, 0.25) is 0 Å². The van der Waals surface area contributed by atoms with Gasteiger partial charge in [-0.2, -0.15) is 0 Å². The van der Waals surface area contributed by atoms with Crippen molar-refractivity contribution in [1.29, 1.82) is 0 Å². The molecule has 0 radical (unpaired) electrons. The van der Waals surface area contributed by atoms with Gasteiger partial charge in [-0.3, -0.25) is 13.9 Å². The smallest absolute Gasteiger partial charge is 0.332 e. The zero-order valence-corrected chi connectivity index (χ0v) is 15.9. The Bertz CT molecular complexity index is 1160. The number of imidazole rings is 1. The molecule has 3 aromatic heterocycles. The second kappa shape index (κ2) is 5.43. The number of aryl methyl sites for hydroxylation is 3. The van der Waals surface area contributed by atoms with Crippen LogP contribution in [-0.4, -0.2) is 23.8 Å². The molecule has 1 unspecified atom stereocenters. The van der Waals surface area contributed by atoms with E-state index < -0.39 is 0 Å². The van der Waals surface area contributed by atoms with Crippen LogP contribution in [0.15, 0.2) is 20.4 Å². The first-order valence-electron chi connectivity index (χ1n) is 9.48. The van der Waals surface area contributed by atoms with Gasteiger partial charge in [-0.05, 0) is 44.4 Å². The summed E-state index contributed by atoms with van der Waals surface area (Å²) in [6.45, 7) is 4.56. The highest BCUT2D eigenvalue weighted by Crippen LogP contribution is 2.65. The van der Waals surface area contributed by atoms with Crippen molar-refractivity contribution in [2.45, 2.75) is 52.6 Å². The van der Waals surface area contributed by atoms with Gasteiger partial charge in [-0.1, -0.05) is 11.6 Å². The lowest BCUT2D eigenvalue weighted by atomic mass is 9.80. The highest BCUT2D eigenvalue weighted by atomic mass is 16.5. The third-order valence-electron chi connectivity index (χ3n) is 6.72. The topological polar surface area (TPSA) is 87.8 Å². The second-order valence-electron chi connectivity index (χ2n) is 8.22. The van der Waals surface area contributed by atoms with E-state index in [0.717, 1.165) is 12.1 Å². The van der Waals surface area contributed by atoms with Crippen LogP contribution in [0.4, 0.5) is 0 Å². The van der Waals surface area contributed by atoms with Crippen molar-refractivity contribution in [2.24, 2.45) is 18.4 Å². The molecule has 2 aliphatic rings. The van der Waals surface area contributed by atoms with E-state index in [9.17, 15) is 9.59 Å². The van der Waals surface area contributed by atoms with Crippen molar-refractivity contribution >= 4 is 11.2 Å². The molecule has 8 nitrogen and oxygen atoms in total. The third-order valence-corrected chi connectivity index (χ3v) is 6.72. The molecule has 3 aromatic rings. The van der Waals surface area contributed by atoms with Crippen molar-refractivity contribution < 1.29 is 4.52 Å². The third kappa shape index (κ3) is 2.28. The van der Waals surface area contributed by atoms with E-state index in [1.165, 1.54) is 34.8 Å². The van der Waals surface area contributed by atoms with Gasteiger partial charge in [0.15, 0.2) is 11.2 Å². The molecule has 1 atom stereocenters. The van der Waals surface area contributed by atoms with Gasteiger partial charge < -0.3 is 9.09 Å². The molecule has 2 fully saturated rings. The van der Waals surface area contributed by atoms with Gasteiger partial charge in [-0.25, -0.2) is 9.78 Å². The fourth-order valence-electron chi connectivity index (χ4n) is 4.66. The molecule has 142 valence electrons. The summed E-state index contributed by atoms with van der Waals surface area (Å²) in [5.41, 5.74) is 2.27. The standard InChI is InChI=1S/C19H23N5O3/c1-11-14(12(2)27-21-11)9-24-17(25)15-16(22(3)18(24)26)20-10-23(15)8-13-7-19(13)5-4-6-19/h10,13H,4-9H2,1-3H3. The number of fused-ring (bicyclic) bond motifs is 1. The molecule has 5 rings (SSSR count). The normalized spacial score (nSPS) is 20.3. The second-order valence-corrected chi connectivity index (χ2v) is 8.22. The van der Waals surface area contributed by atoms with Crippen LogP contribution < -0.4 is 11.2 Å². The maximum atomic E-state index is 13.2. The summed E-state index contributed by atoms with van der Waals surface area (Å²) in [6.07, 6.45) is 6.88. The van der Waals surface area contributed by atoms with E-state index >= 15 is 0 Å². The average molecular weight is 369 g/mol. The lowest BCUT2D eigenvalue weighted by Gasteiger charge is -2.26. The Morgan fingerprint density at radius 2 is 2.07 bits per heavy atom. The Kier molecular flexibility index (Phi) is 3.33. The van der Waals surface area contributed by atoms with Crippen LogP contribution in [0.25, 0.3) is 11.2 Å². The maximum Gasteiger partial charge on any atom is 0.332 e. The largest absolute Gasteiger partial charge is 0.361 e. The molecule has 0 aromatic carbocycles. The van der Waals surface area contributed by atoms with Crippen molar-refractivity contribution in [3.05, 3.63) is 44.2 Å². The fourth-order valence-corrected chi connectivity index (χ4v) is 4.66. The summed E-state index contributed by atoms with van der Waals surface area (Å²) >= 11 is 0. The van der Waals surface area contributed by atoms with E-state index in [1.807, 2.05) is 11.5 Å². The number of rotatable bonds is 4. The fraction of sp³-hybridized carbons (Fsp3) is 0.579. The summed E-state index contributed by atoms with van der Waals surface area (Å²) in [7, 11) is 1.66. The molecule has 0 amide bonds. The molecule has 1 spiro atoms. The molecular weight excluding hydrogens is 346 g/mol. The minimum Gasteiger partial charge on any atom is -0.361 e. The van der Waals surface area contributed by atoms with Gasteiger partial charge in [-0.15, -0.1) is 0 Å². The number of nitrogens with zero attached hydrogens (tertiary/aromatic N) is 5. The summed E-state index contributed by atoms with van der Waals surface area (Å²) < 4.78 is 9.85. The minimum atomic E-state index is -0.375. The van der Waals surface area contributed by atoms with Crippen LogP contribution in [0.3, 0.4) is 0 Å². The lowest BCUT2D eigenvalue weighted by molar-refractivity contribution is 0.250. The van der Waals surface area contributed by atoms with Gasteiger partial charge in [0.1, 0.15) is 5.76 Å². The van der Waals surface area contributed by atoms with Crippen molar-refractivity contribution in [2.75, 3.05) is 0 Å². The van der Waals surface area contributed by atoms with Crippen LogP contribution in [-0.2, 0) is 20.1 Å². The zero-order chi connectivity index (χ0) is 18.9. The van der Waals surface area contributed by atoms with Crippen LogP contribution in [0.1, 0.15) is 42.7 Å². The van der Waals surface area contributed by atoms with E-state index in [1.54, 1.807) is 20.3 Å². The molecule has 27 heavy (non-hydrogen) atoms. The van der Waals surface area contributed by atoms with Gasteiger partial charge in [0.25, 0.3) is 5.56 Å². The Morgan fingerprint density at radius 3 is 2.67 bits per heavy atom. The zero-order valence-electron chi connectivity index (χ0n) is 15.9. The predicted molar refractivity (Wildman–Crippen MR) is 98.7 cm³/mol. The Hall–Kier alpha value is -2.64. The van der Waals surface area contributed by atoms with Gasteiger partial charge in [0.05, 0.1) is 18.6 Å². The van der Waals surface area contributed by atoms with E-state index in [0.29, 0.717) is 34.0 Å². The van der Waals surface area contributed by atoms with Crippen LogP contribution in [0, 0.1) is 25.2 Å². The quantitative estimate of drug-likeness (QED) is 0.699. The van der Waals surface area contributed by atoms with Crippen LogP contribution in [0.5, 0.6) is 0 Å². The number of hydrogen-bond acceptors (Lipinski definition) is 5. The van der Waals surface area contributed by atoms with E-state index in [-0.39, 0.29) is 17.8 Å². The monoisotopic (exact) mass is 369 g/mol. The molecule has 0 N–H and O–H groups in total. The molecule has 3 heterocycles. The first-order valence-corrected chi connectivity index (χ1v) is 9.48.